The van der Waals surface area contributed by atoms with E-state index in [4.69, 9.17) is 4.74 Å². The first-order valence-electron chi connectivity index (χ1n) is 9.33. The van der Waals surface area contributed by atoms with Crippen LogP contribution in [0, 0.1) is 0 Å². The van der Waals surface area contributed by atoms with Gasteiger partial charge in [-0.05, 0) is 35.4 Å². The second-order valence-electron chi connectivity index (χ2n) is 6.57. The van der Waals surface area contributed by atoms with E-state index in [0.717, 1.165) is 15.4 Å². The van der Waals surface area contributed by atoms with Crippen LogP contribution in [0.1, 0.15) is 11.1 Å². The van der Waals surface area contributed by atoms with Crippen molar-refractivity contribution in [2.24, 2.45) is 0 Å². The molecule has 0 bridgehead atoms. The summed E-state index contributed by atoms with van der Waals surface area (Å²) in [6.07, 6.45) is 2.78. The lowest BCUT2D eigenvalue weighted by molar-refractivity contribution is -0.121. The molecule has 0 atom stereocenters. The number of amides is 1. The number of methoxy groups -OCH3 is 1. The van der Waals surface area contributed by atoms with E-state index in [2.05, 4.69) is 10.3 Å². The molecule has 3 rings (SSSR count). The molecule has 0 unspecified atom stereocenters. The van der Waals surface area contributed by atoms with Gasteiger partial charge in [0, 0.05) is 25.5 Å². The molecule has 7 nitrogen and oxygen atoms in total. The average Bonchev–Trinajstić information content (AvgIpc) is 2.79. The van der Waals surface area contributed by atoms with Gasteiger partial charge in [0.05, 0.1) is 13.7 Å². The molecule has 30 heavy (non-hydrogen) atoms. The highest BCUT2D eigenvalue weighted by Crippen LogP contribution is 2.19. The monoisotopic (exact) mass is 425 g/mol. The Morgan fingerprint density at radius 1 is 1.00 bits per heavy atom. The van der Waals surface area contributed by atoms with Gasteiger partial charge >= 0.3 is 0 Å². The lowest BCUT2D eigenvalue weighted by Crippen LogP contribution is -2.40. The van der Waals surface area contributed by atoms with E-state index in [0.29, 0.717) is 12.3 Å². The molecule has 8 heteroatoms. The summed E-state index contributed by atoms with van der Waals surface area (Å²) < 4.78 is 32.6. The maximum absolute atomic E-state index is 13.2. The van der Waals surface area contributed by atoms with Crippen LogP contribution in [0.5, 0.6) is 5.75 Å². The maximum Gasteiger partial charge on any atom is 0.245 e. The second kappa shape index (κ2) is 10.00. The summed E-state index contributed by atoms with van der Waals surface area (Å²) in [4.78, 5) is 16.5. The van der Waals surface area contributed by atoms with Crippen molar-refractivity contribution in [2.45, 2.75) is 18.0 Å². The van der Waals surface area contributed by atoms with Gasteiger partial charge in [-0.25, -0.2) is 8.42 Å². The quantitative estimate of drug-likeness (QED) is 0.569. The number of nitrogens with zero attached hydrogens (tertiary/aromatic N) is 2. The number of benzene rings is 2. The maximum atomic E-state index is 13.2. The van der Waals surface area contributed by atoms with Crippen LogP contribution in [0.2, 0.25) is 0 Å². The predicted molar refractivity (Wildman–Crippen MR) is 113 cm³/mol. The van der Waals surface area contributed by atoms with Gasteiger partial charge in [0.1, 0.15) is 10.6 Å². The zero-order chi connectivity index (χ0) is 21.4. The fourth-order valence-electron chi connectivity index (χ4n) is 2.82. The van der Waals surface area contributed by atoms with Crippen LogP contribution in [0.25, 0.3) is 0 Å². The number of hydrogen-bond donors (Lipinski definition) is 1. The first-order valence-corrected chi connectivity index (χ1v) is 10.8. The highest BCUT2D eigenvalue weighted by Gasteiger charge is 2.27. The molecule has 1 N–H and O–H groups in total. The van der Waals surface area contributed by atoms with Crippen LogP contribution in [0.15, 0.2) is 84.0 Å². The van der Waals surface area contributed by atoms with Gasteiger partial charge < -0.3 is 10.1 Å². The van der Waals surface area contributed by atoms with E-state index in [-0.39, 0.29) is 23.9 Å². The van der Waals surface area contributed by atoms with E-state index >= 15 is 0 Å². The molecule has 1 aromatic heterocycles. The minimum atomic E-state index is -3.91. The Balaban J connectivity index is 1.78. The molecule has 0 fully saturated rings. The molecule has 0 aliphatic heterocycles. The summed E-state index contributed by atoms with van der Waals surface area (Å²) in [5.41, 5.74) is 1.67. The molecule has 156 valence electrons. The Kier molecular flexibility index (Phi) is 7.16. The van der Waals surface area contributed by atoms with E-state index in [1.807, 2.05) is 30.3 Å². The Morgan fingerprint density at radius 3 is 2.37 bits per heavy atom. The number of carbonyl (C=O) groups is 1. The molecular formula is C22H23N3O4S. The van der Waals surface area contributed by atoms with Crippen molar-refractivity contribution in [3.8, 4) is 5.75 Å². The summed E-state index contributed by atoms with van der Waals surface area (Å²) in [5, 5.41) is 2.78. The SMILES string of the molecule is COc1ccc(CN(CC(=O)NCc2ccccc2)S(=O)(=O)c2cccnc2)cc1. The highest BCUT2D eigenvalue weighted by atomic mass is 32.2. The van der Waals surface area contributed by atoms with E-state index in [1.165, 1.54) is 18.5 Å². The van der Waals surface area contributed by atoms with Crippen molar-refractivity contribution in [1.29, 1.82) is 0 Å². The zero-order valence-corrected chi connectivity index (χ0v) is 17.4. The molecule has 0 radical (unpaired) electrons. The number of rotatable bonds is 9. The first-order chi connectivity index (χ1) is 14.5. The summed E-state index contributed by atoms with van der Waals surface area (Å²) in [6, 6.07) is 19.5. The first kappa shape index (κ1) is 21.5. The van der Waals surface area contributed by atoms with Crippen molar-refractivity contribution >= 4 is 15.9 Å². The normalized spacial score (nSPS) is 11.3. The summed E-state index contributed by atoms with van der Waals surface area (Å²) in [5.74, 6) is 0.279. The van der Waals surface area contributed by atoms with Crippen LogP contribution in [0.4, 0.5) is 0 Å². The fraction of sp³-hybridized carbons (Fsp3) is 0.182. The van der Waals surface area contributed by atoms with Gasteiger partial charge in [0.15, 0.2) is 0 Å². The predicted octanol–water partition coefficient (Wildman–Crippen LogP) is 2.60. The number of nitrogens with one attached hydrogen (secondary N) is 1. The Bertz CT molecular complexity index is 1060. The van der Waals surface area contributed by atoms with Gasteiger partial charge in [-0.1, -0.05) is 42.5 Å². The van der Waals surface area contributed by atoms with Gasteiger partial charge in [-0.3, -0.25) is 9.78 Å². The lowest BCUT2D eigenvalue weighted by atomic mass is 10.2. The molecule has 0 saturated carbocycles. The van der Waals surface area contributed by atoms with Crippen LogP contribution < -0.4 is 10.1 Å². The lowest BCUT2D eigenvalue weighted by Gasteiger charge is -2.22. The topological polar surface area (TPSA) is 88.6 Å². The number of pyridine rings is 1. The zero-order valence-electron chi connectivity index (χ0n) is 16.6. The highest BCUT2D eigenvalue weighted by molar-refractivity contribution is 7.89. The number of ether oxygens (including phenoxy) is 1. The van der Waals surface area contributed by atoms with Gasteiger partial charge in [0.25, 0.3) is 0 Å². The van der Waals surface area contributed by atoms with E-state index in [1.54, 1.807) is 37.4 Å². The van der Waals surface area contributed by atoms with Crippen LogP contribution in [-0.2, 0) is 27.9 Å². The number of hydrogen-bond acceptors (Lipinski definition) is 5. The van der Waals surface area contributed by atoms with Crippen molar-refractivity contribution in [2.75, 3.05) is 13.7 Å². The Labute approximate surface area is 176 Å². The van der Waals surface area contributed by atoms with Gasteiger partial charge in [0.2, 0.25) is 15.9 Å². The van der Waals surface area contributed by atoms with Crippen molar-refractivity contribution in [3.63, 3.8) is 0 Å². The third kappa shape index (κ3) is 5.65. The summed E-state index contributed by atoms with van der Waals surface area (Å²) >= 11 is 0. The molecule has 1 amide bonds. The Morgan fingerprint density at radius 2 is 1.73 bits per heavy atom. The summed E-state index contributed by atoms with van der Waals surface area (Å²) in [7, 11) is -2.35. The fourth-order valence-corrected chi connectivity index (χ4v) is 4.17. The average molecular weight is 426 g/mol. The molecule has 2 aromatic carbocycles. The minimum absolute atomic E-state index is 0.0365. The van der Waals surface area contributed by atoms with Crippen LogP contribution in [-0.4, -0.2) is 37.3 Å². The van der Waals surface area contributed by atoms with E-state index < -0.39 is 10.0 Å². The molecule has 0 aliphatic carbocycles. The molecule has 0 spiro atoms. The van der Waals surface area contributed by atoms with Crippen molar-refractivity contribution < 1.29 is 17.9 Å². The number of aromatic nitrogens is 1. The molecule has 1 heterocycles. The molecule has 0 aliphatic rings. The van der Waals surface area contributed by atoms with Crippen LogP contribution >= 0.6 is 0 Å². The second-order valence-corrected chi connectivity index (χ2v) is 8.51. The van der Waals surface area contributed by atoms with Gasteiger partial charge in [-0.2, -0.15) is 4.31 Å². The third-order valence-electron chi connectivity index (χ3n) is 4.44. The minimum Gasteiger partial charge on any atom is -0.497 e. The van der Waals surface area contributed by atoms with Crippen molar-refractivity contribution in [3.05, 3.63) is 90.3 Å². The summed E-state index contributed by atoms with van der Waals surface area (Å²) in [6.45, 7) is 0.0546. The largest absolute Gasteiger partial charge is 0.497 e. The molecular weight excluding hydrogens is 402 g/mol. The number of sulfonamides is 1. The third-order valence-corrected chi connectivity index (χ3v) is 6.22. The van der Waals surface area contributed by atoms with Crippen LogP contribution in [0.3, 0.4) is 0 Å². The Hall–Kier alpha value is -3.23. The van der Waals surface area contributed by atoms with Gasteiger partial charge in [-0.15, -0.1) is 0 Å². The molecule has 3 aromatic rings. The van der Waals surface area contributed by atoms with E-state index in [9.17, 15) is 13.2 Å². The standard InChI is InChI=1S/C22H23N3O4S/c1-29-20-11-9-19(10-12-20)16-25(30(27,28)21-8-5-13-23-15-21)17-22(26)24-14-18-6-3-2-4-7-18/h2-13,15H,14,16-17H2,1H3,(H,24,26). The smallest absolute Gasteiger partial charge is 0.245 e. The molecule has 0 saturated heterocycles. The van der Waals surface area contributed by atoms with Crippen molar-refractivity contribution in [1.82, 2.24) is 14.6 Å². The number of carbonyl (C=O) groups excluding carboxylic acids is 1.